The summed E-state index contributed by atoms with van der Waals surface area (Å²) in [5, 5.41) is 16.9. The molecule has 0 aliphatic rings. The van der Waals surface area contributed by atoms with Crippen molar-refractivity contribution in [1.29, 1.82) is 0 Å². The van der Waals surface area contributed by atoms with Gasteiger partial charge in [-0.3, -0.25) is 0 Å². The molecule has 0 fully saturated rings. The zero-order valence-corrected chi connectivity index (χ0v) is 10.1. The molecule has 1 aromatic heterocycles. The maximum atomic E-state index is 10.6. The van der Waals surface area contributed by atoms with Crippen LogP contribution in [0.3, 0.4) is 0 Å². The number of hydrogen-bond donors (Lipinski definition) is 1. The fraction of sp³-hybridized carbons (Fsp3) is 0.250. The number of hydrogen-bond acceptors (Lipinski definition) is 4. The second-order valence-electron chi connectivity index (χ2n) is 3.84. The third kappa shape index (κ3) is 2.65. The molecule has 0 radical (unpaired) electrons. The molecule has 2 aromatic rings. The molecule has 0 aliphatic carbocycles. The van der Waals surface area contributed by atoms with E-state index in [-0.39, 0.29) is 0 Å². The van der Waals surface area contributed by atoms with Gasteiger partial charge in [0.1, 0.15) is 11.4 Å². The topological polar surface area (TPSA) is 77.2 Å². The van der Waals surface area contributed by atoms with E-state index in [0.717, 1.165) is 11.3 Å². The molecule has 18 heavy (non-hydrogen) atoms. The Morgan fingerprint density at radius 3 is 2.56 bits per heavy atom. The Labute approximate surface area is 104 Å². The van der Waals surface area contributed by atoms with E-state index >= 15 is 0 Å². The Bertz CT molecular complexity index is 548. The second-order valence-corrected chi connectivity index (χ2v) is 3.84. The molecule has 0 saturated heterocycles. The van der Waals surface area contributed by atoms with Crippen LogP contribution in [0.4, 0.5) is 0 Å². The minimum absolute atomic E-state index is 0.512. The van der Waals surface area contributed by atoms with Gasteiger partial charge in [0.25, 0.3) is 0 Å². The Morgan fingerprint density at radius 1 is 1.39 bits per heavy atom. The van der Waals surface area contributed by atoms with Gasteiger partial charge in [-0.15, -0.1) is 0 Å². The lowest BCUT2D eigenvalue weighted by Gasteiger charge is -2.10. The quantitative estimate of drug-likeness (QED) is 0.882. The van der Waals surface area contributed by atoms with Crippen molar-refractivity contribution in [3.63, 3.8) is 0 Å². The monoisotopic (exact) mass is 247 g/mol. The summed E-state index contributed by atoms with van der Waals surface area (Å²) < 4.78 is 5.23. The van der Waals surface area contributed by atoms with E-state index in [4.69, 9.17) is 9.84 Å². The average Bonchev–Trinajstić information content (AvgIpc) is 2.76. The summed E-state index contributed by atoms with van der Waals surface area (Å²) >= 11 is 0. The number of carboxylic acid groups (broad SMARTS) is 1. The predicted molar refractivity (Wildman–Crippen MR) is 64.2 cm³/mol. The van der Waals surface area contributed by atoms with Crippen molar-refractivity contribution < 1.29 is 14.6 Å². The largest absolute Gasteiger partial charge is 0.479 e. The number of nitrogens with zero attached hydrogens (tertiary/aromatic N) is 3. The van der Waals surface area contributed by atoms with E-state index in [1.165, 1.54) is 11.7 Å². The van der Waals surface area contributed by atoms with Gasteiger partial charge in [0.15, 0.2) is 6.10 Å². The number of benzene rings is 1. The number of ether oxygens (including phenoxy) is 1. The first kappa shape index (κ1) is 12.1. The van der Waals surface area contributed by atoms with Crippen LogP contribution < -0.4 is 4.74 Å². The lowest BCUT2D eigenvalue weighted by Crippen LogP contribution is -2.22. The maximum absolute atomic E-state index is 10.6. The smallest absolute Gasteiger partial charge is 0.344 e. The predicted octanol–water partition coefficient (Wildman–Crippen LogP) is 1.33. The molecular formula is C12H13N3O3. The van der Waals surface area contributed by atoms with E-state index in [1.54, 1.807) is 25.4 Å². The van der Waals surface area contributed by atoms with Crippen LogP contribution in [0.5, 0.6) is 5.75 Å². The molecule has 6 nitrogen and oxygen atoms in total. The molecule has 0 spiro atoms. The van der Waals surface area contributed by atoms with Gasteiger partial charge in [-0.05, 0) is 31.2 Å². The van der Waals surface area contributed by atoms with Crippen LogP contribution >= 0.6 is 0 Å². The summed E-state index contributed by atoms with van der Waals surface area (Å²) in [5.74, 6) is -0.481. The standard InChI is InChI=1S/C12H13N3O3/c1-8(12(16)17)18-10-5-3-9(4-6-10)11-7-13-15(2)14-11/h3-8H,1-2H3,(H,16,17). The fourth-order valence-electron chi connectivity index (χ4n) is 1.44. The zero-order valence-electron chi connectivity index (χ0n) is 10.1. The minimum Gasteiger partial charge on any atom is -0.479 e. The Hall–Kier alpha value is -2.37. The van der Waals surface area contributed by atoms with Crippen molar-refractivity contribution >= 4 is 5.97 Å². The highest BCUT2D eigenvalue weighted by Gasteiger charge is 2.12. The van der Waals surface area contributed by atoms with Crippen molar-refractivity contribution in [3.8, 4) is 17.0 Å². The first-order valence-electron chi connectivity index (χ1n) is 5.42. The van der Waals surface area contributed by atoms with E-state index in [0.29, 0.717) is 5.75 Å². The molecule has 1 atom stereocenters. The van der Waals surface area contributed by atoms with E-state index in [9.17, 15) is 4.79 Å². The van der Waals surface area contributed by atoms with Gasteiger partial charge in [-0.2, -0.15) is 15.0 Å². The Morgan fingerprint density at radius 2 is 2.06 bits per heavy atom. The molecule has 0 amide bonds. The van der Waals surface area contributed by atoms with E-state index < -0.39 is 12.1 Å². The summed E-state index contributed by atoms with van der Waals surface area (Å²) in [6, 6.07) is 7.05. The van der Waals surface area contributed by atoms with Crippen molar-refractivity contribution in [2.24, 2.45) is 7.05 Å². The van der Waals surface area contributed by atoms with Crippen LogP contribution in [0.1, 0.15) is 6.92 Å². The molecule has 1 N–H and O–H groups in total. The summed E-state index contributed by atoms with van der Waals surface area (Å²) in [7, 11) is 1.75. The van der Waals surface area contributed by atoms with E-state index in [2.05, 4.69) is 10.2 Å². The molecule has 6 heteroatoms. The number of carboxylic acids is 1. The van der Waals surface area contributed by atoms with Crippen LogP contribution in [0.15, 0.2) is 30.5 Å². The Balaban J connectivity index is 2.13. The van der Waals surface area contributed by atoms with Crippen molar-refractivity contribution in [2.75, 3.05) is 0 Å². The van der Waals surface area contributed by atoms with Gasteiger partial charge in [-0.1, -0.05) is 0 Å². The highest BCUT2D eigenvalue weighted by Crippen LogP contribution is 2.20. The van der Waals surface area contributed by atoms with Gasteiger partial charge in [0.05, 0.1) is 6.20 Å². The maximum Gasteiger partial charge on any atom is 0.344 e. The minimum atomic E-state index is -0.993. The molecule has 0 bridgehead atoms. The van der Waals surface area contributed by atoms with Gasteiger partial charge < -0.3 is 9.84 Å². The zero-order chi connectivity index (χ0) is 13.1. The molecule has 1 heterocycles. The van der Waals surface area contributed by atoms with Gasteiger partial charge in [-0.25, -0.2) is 4.79 Å². The van der Waals surface area contributed by atoms with Gasteiger partial charge in [0, 0.05) is 12.6 Å². The van der Waals surface area contributed by atoms with Crippen molar-refractivity contribution in [2.45, 2.75) is 13.0 Å². The lowest BCUT2D eigenvalue weighted by molar-refractivity contribution is -0.144. The summed E-state index contributed by atoms with van der Waals surface area (Å²) in [6.07, 6.45) is 0.794. The highest BCUT2D eigenvalue weighted by atomic mass is 16.5. The first-order valence-corrected chi connectivity index (χ1v) is 5.42. The SMILES string of the molecule is CC(Oc1ccc(-c2cnn(C)n2)cc1)C(=O)O. The van der Waals surface area contributed by atoms with Gasteiger partial charge >= 0.3 is 5.97 Å². The number of carbonyl (C=O) groups is 1. The number of rotatable bonds is 4. The molecule has 94 valence electrons. The molecule has 1 aromatic carbocycles. The molecule has 0 saturated carbocycles. The van der Waals surface area contributed by atoms with Crippen molar-refractivity contribution in [3.05, 3.63) is 30.5 Å². The summed E-state index contributed by atoms with van der Waals surface area (Å²) in [5.41, 5.74) is 1.66. The number of aliphatic carboxylic acids is 1. The van der Waals surface area contributed by atoms with Crippen LogP contribution in [-0.4, -0.2) is 32.2 Å². The van der Waals surface area contributed by atoms with Gasteiger partial charge in [0.2, 0.25) is 0 Å². The highest BCUT2D eigenvalue weighted by molar-refractivity contribution is 5.72. The average molecular weight is 247 g/mol. The van der Waals surface area contributed by atoms with Crippen LogP contribution in [0.25, 0.3) is 11.3 Å². The van der Waals surface area contributed by atoms with Crippen LogP contribution in [0.2, 0.25) is 0 Å². The Kier molecular flexibility index (Phi) is 3.27. The molecule has 0 aliphatic heterocycles. The van der Waals surface area contributed by atoms with E-state index in [1.807, 2.05) is 12.1 Å². The number of aryl methyl sites for hydroxylation is 1. The van der Waals surface area contributed by atoms with Crippen LogP contribution in [0, 0.1) is 0 Å². The van der Waals surface area contributed by atoms with Crippen molar-refractivity contribution in [1.82, 2.24) is 15.0 Å². The van der Waals surface area contributed by atoms with Crippen LogP contribution in [-0.2, 0) is 11.8 Å². The first-order chi connectivity index (χ1) is 8.56. The summed E-state index contributed by atoms with van der Waals surface area (Å²) in [4.78, 5) is 12.1. The third-order valence-electron chi connectivity index (χ3n) is 2.41. The normalized spacial score (nSPS) is 12.1. The molecule has 2 rings (SSSR count). The second kappa shape index (κ2) is 4.87. The third-order valence-corrected chi connectivity index (χ3v) is 2.41. The molecular weight excluding hydrogens is 234 g/mol. The number of aromatic nitrogens is 3. The summed E-state index contributed by atoms with van der Waals surface area (Å²) in [6.45, 7) is 1.49. The fourth-order valence-corrected chi connectivity index (χ4v) is 1.44. The molecule has 1 unspecified atom stereocenters. The lowest BCUT2D eigenvalue weighted by atomic mass is 10.2.